The van der Waals surface area contributed by atoms with E-state index in [1.54, 1.807) is 12.1 Å². The molecule has 2 aromatic carbocycles. The second-order valence-electron chi connectivity index (χ2n) is 4.73. The van der Waals surface area contributed by atoms with Gasteiger partial charge in [0.2, 0.25) is 5.13 Å². The molecule has 0 fully saturated rings. The lowest BCUT2D eigenvalue weighted by atomic mass is 10.1. The topological polar surface area (TPSA) is 54.0 Å². The molecular formula is C17H15N3OS. The highest BCUT2D eigenvalue weighted by Gasteiger charge is 2.10. The van der Waals surface area contributed by atoms with Gasteiger partial charge in [0, 0.05) is 16.0 Å². The number of aryl methyl sites for hydroxylation is 1. The zero-order valence-corrected chi connectivity index (χ0v) is 12.9. The molecule has 1 amide bonds. The maximum atomic E-state index is 12.0. The Kier molecular flexibility index (Phi) is 4.16. The molecular weight excluding hydrogens is 294 g/mol. The van der Waals surface area contributed by atoms with E-state index in [0.717, 1.165) is 16.1 Å². The number of hydrazine groups is 1. The lowest BCUT2D eigenvalue weighted by molar-refractivity contribution is 0.0962. The van der Waals surface area contributed by atoms with Crippen molar-refractivity contribution in [3.05, 3.63) is 71.1 Å². The van der Waals surface area contributed by atoms with E-state index in [0.29, 0.717) is 10.7 Å². The maximum Gasteiger partial charge on any atom is 0.269 e. The molecule has 3 rings (SSSR count). The Bertz CT molecular complexity index is 769. The lowest BCUT2D eigenvalue weighted by Gasteiger charge is -2.05. The molecule has 0 radical (unpaired) electrons. The van der Waals surface area contributed by atoms with E-state index in [1.165, 1.54) is 11.3 Å². The van der Waals surface area contributed by atoms with Gasteiger partial charge in [0.15, 0.2) is 0 Å². The first-order chi connectivity index (χ1) is 10.7. The second kappa shape index (κ2) is 6.41. The van der Waals surface area contributed by atoms with E-state index in [9.17, 15) is 4.79 Å². The summed E-state index contributed by atoms with van der Waals surface area (Å²) in [6, 6.07) is 19.1. The van der Waals surface area contributed by atoms with Gasteiger partial charge in [-0.25, -0.2) is 4.98 Å². The van der Waals surface area contributed by atoms with Crippen LogP contribution >= 0.6 is 11.3 Å². The highest BCUT2D eigenvalue weighted by atomic mass is 32.1. The summed E-state index contributed by atoms with van der Waals surface area (Å²) in [6.07, 6.45) is 0. The average Bonchev–Trinajstić information content (AvgIpc) is 2.95. The molecule has 0 saturated heterocycles. The standard InChI is InChI=1S/C17H15N3OS/c1-12-15(13-8-4-2-5-9-13)18-17(22-12)20-19-16(21)14-10-6-3-7-11-14/h2-11H,1H3,(H,18,20)(H,19,21). The van der Waals surface area contributed by atoms with E-state index >= 15 is 0 Å². The number of nitrogens with one attached hydrogen (secondary N) is 2. The fourth-order valence-electron chi connectivity index (χ4n) is 2.09. The van der Waals surface area contributed by atoms with Gasteiger partial charge >= 0.3 is 0 Å². The van der Waals surface area contributed by atoms with Crippen LogP contribution in [0.1, 0.15) is 15.2 Å². The van der Waals surface area contributed by atoms with Crippen molar-refractivity contribution in [2.75, 3.05) is 5.43 Å². The Morgan fingerprint density at radius 1 is 1.00 bits per heavy atom. The van der Waals surface area contributed by atoms with Crippen LogP contribution in [0.4, 0.5) is 5.13 Å². The number of hydrogen-bond acceptors (Lipinski definition) is 4. The Labute approximate surface area is 132 Å². The van der Waals surface area contributed by atoms with Crippen molar-refractivity contribution < 1.29 is 4.79 Å². The highest BCUT2D eigenvalue weighted by molar-refractivity contribution is 7.16. The van der Waals surface area contributed by atoms with Crippen LogP contribution in [0, 0.1) is 6.92 Å². The second-order valence-corrected chi connectivity index (χ2v) is 5.94. The van der Waals surface area contributed by atoms with E-state index < -0.39 is 0 Å². The molecule has 0 atom stereocenters. The van der Waals surface area contributed by atoms with E-state index in [4.69, 9.17) is 0 Å². The number of amides is 1. The Balaban J connectivity index is 1.71. The predicted octanol–water partition coefficient (Wildman–Crippen LogP) is 3.88. The van der Waals surface area contributed by atoms with Crippen molar-refractivity contribution in [3.8, 4) is 11.3 Å². The van der Waals surface area contributed by atoms with Crippen molar-refractivity contribution in [2.24, 2.45) is 0 Å². The number of carbonyl (C=O) groups excluding carboxylic acids is 1. The monoisotopic (exact) mass is 309 g/mol. The average molecular weight is 309 g/mol. The van der Waals surface area contributed by atoms with Crippen LogP contribution in [0.5, 0.6) is 0 Å². The van der Waals surface area contributed by atoms with Crippen LogP contribution in [0.25, 0.3) is 11.3 Å². The number of thiazole rings is 1. The molecule has 0 spiro atoms. The van der Waals surface area contributed by atoms with Crippen LogP contribution in [-0.4, -0.2) is 10.9 Å². The molecule has 0 saturated carbocycles. The number of nitrogens with zero attached hydrogens (tertiary/aromatic N) is 1. The number of benzene rings is 2. The summed E-state index contributed by atoms with van der Waals surface area (Å²) < 4.78 is 0. The first-order valence-electron chi connectivity index (χ1n) is 6.88. The summed E-state index contributed by atoms with van der Waals surface area (Å²) in [4.78, 5) is 17.6. The molecule has 0 bridgehead atoms. The van der Waals surface area contributed by atoms with E-state index in [-0.39, 0.29) is 5.91 Å². The largest absolute Gasteiger partial charge is 0.273 e. The Morgan fingerprint density at radius 3 is 2.32 bits per heavy atom. The smallest absolute Gasteiger partial charge is 0.269 e. The van der Waals surface area contributed by atoms with Crippen LogP contribution in [-0.2, 0) is 0 Å². The van der Waals surface area contributed by atoms with Crippen LogP contribution in [0.15, 0.2) is 60.7 Å². The third-order valence-corrected chi connectivity index (χ3v) is 4.05. The van der Waals surface area contributed by atoms with Gasteiger partial charge in [-0.2, -0.15) is 0 Å². The molecule has 1 aromatic heterocycles. The minimum Gasteiger partial charge on any atom is -0.273 e. The van der Waals surface area contributed by atoms with Gasteiger partial charge < -0.3 is 0 Å². The minimum atomic E-state index is -0.185. The normalized spacial score (nSPS) is 10.2. The molecule has 5 heteroatoms. The first kappa shape index (κ1) is 14.3. The number of carbonyl (C=O) groups is 1. The SMILES string of the molecule is Cc1sc(NNC(=O)c2ccccc2)nc1-c1ccccc1. The maximum absolute atomic E-state index is 12.0. The molecule has 0 aliphatic carbocycles. The number of aromatic nitrogens is 1. The molecule has 0 aliphatic rings. The van der Waals surface area contributed by atoms with E-state index in [1.807, 2.05) is 55.5 Å². The van der Waals surface area contributed by atoms with Gasteiger partial charge in [-0.3, -0.25) is 15.6 Å². The third kappa shape index (κ3) is 3.15. The highest BCUT2D eigenvalue weighted by Crippen LogP contribution is 2.29. The van der Waals surface area contributed by atoms with Gasteiger partial charge in [0.1, 0.15) is 0 Å². The summed E-state index contributed by atoms with van der Waals surface area (Å²) >= 11 is 1.51. The number of rotatable bonds is 4. The van der Waals surface area contributed by atoms with Crippen LogP contribution in [0.3, 0.4) is 0 Å². The zero-order chi connectivity index (χ0) is 15.4. The van der Waals surface area contributed by atoms with Crippen molar-refractivity contribution in [1.82, 2.24) is 10.4 Å². The van der Waals surface area contributed by atoms with E-state index in [2.05, 4.69) is 15.8 Å². The van der Waals surface area contributed by atoms with Gasteiger partial charge in [-0.05, 0) is 19.1 Å². The minimum absolute atomic E-state index is 0.185. The van der Waals surface area contributed by atoms with Gasteiger partial charge in [0.25, 0.3) is 5.91 Å². The van der Waals surface area contributed by atoms with Crippen molar-refractivity contribution in [1.29, 1.82) is 0 Å². The fraction of sp³-hybridized carbons (Fsp3) is 0.0588. The summed E-state index contributed by atoms with van der Waals surface area (Å²) in [6.45, 7) is 2.02. The summed E-state index contributed by atoms with van der Waals surface area (Å²) in [7, 11) is 0. The molecule has 4 nitrogen and oxygen atoms in total. The number of anilines is 1. The third-order valence-electron chi connectivity index (χ3n) is 3.16. The first-order valence-corrected chi connectivity index (χ1v) is 7.70. The van der Waals surface area contributed by atoms with Gasteiger partial charge in [0.05, 0.1) is 5.69 Å². The molecule has 22 heavy (non-hydrogen) atoms. The summed E-state index contributed by atoms with van der Waals surface area (Å²) in [5.41, 5.74) is 8.15. The summed E-state index contributed by atoms with van der Waals surface area (Å²) in [5.74, 6) is -0.185. The molecule has 0 aliphatic heterocycles. The summed E-state index contributed by atoms with van der Waals surface area (Å²) in [5, 5.41) is 0.667. The number of hydrogen-bond donors (Lipinski definition) is 2. The molecule has 1 heterocycles. The molecule has 110 valence electrons. The van der Waals surface area contributed by atoms with Gasteiger partial charge in [-0.1, -0.05) is 48.5 Å². The Morgan fingerprint density at radius 2 is 1.64 bits per heavy atom. The zero-order valence-electron chi connectivity index (χ0n) is 12.0. The molecule has 0 unspecified atom stereocenters. The Hall–Kier alpha value is -2.66. The van der Waals surface area contributed by atoms with Crippen molar-refractivity contribution in [3.63, 3.8) is 0 Å². The predicted molar refractivity (Wildman–Crippen MR) is 89.8 cm³/mol. The van der Waals surface area contributed by atoms with Gasteiger partial charge in [-0.15, -0.1) is 11.3 Å². The molecule has 3 aromatic rings. The fourth-order valence-corrected chi connectivity index (χ4v) is 2.87. The lowest BCUT2D eigenvalue weighted by Crippen LogP contribution is -2.29. The van der Waals surface area contributed by atoms with Crippen molar-refractivity contribution in [2.45, 2.75) is 6.92 Å². The van der Waals surface area contributed by atoms with Crippen molar-refractivity contribution >= 4 is 22.4 Å². The quantitative estimate of drug-likeness (QED) is 0.719. The van der Waals surface area contributed by atoms with Crippen LogP contribution < -0.4 is 10.9 Å². The molecule has 2 N–H and O–H groups in total. The van der Waals surface area contributed by atoms with Crippen LogP contribution in [0.2, 0.25) is 0 Å².